The third-order valence-corrected chi connectivity index (χ3v) is 5.59. The molecule has 0 aliphatic rings. The zero-order chi connectivity index (χ0) is 24.5. The Kier molecular flexibility index (Phi) is 8.02. The number of hydrogen-bond acceptors (Lipinski definition) is 4. The number of rotatable bonds is 10. The average Bonchev–Trinajstić information content (AvgIpc) is 2.92. The maximum atomic E-state index is 12.8. The first-order valence-corrected chi connectivity index (χ1v) is 11.6. The molecule has 0 radical (unpaired) electrons. The van der Waals surface area contributed by atoms with Gasteiger partial charge in [-0.05, 0) is 66.1 Å². The zero-order valence-corrected chi connectivity index (χ0v) is 20.0. The summed E-state index contributed by atoms with van der Waals surface area (Å²) in [4.78, 5) is 12.8. The van der Waals surface area contributed by atoms with Gasteiger partial charge in [0.1, 0.15) is 23.9 Å². The first-order valence-electron chi connectivity index (χ1n) is 11.6. The van der Waals surface area contributed by atoms with E-state index < -0.39 is 0 Å². The van der Waals surface area contributed by atoms with Crippen LogP contribution in [0.3, 0.4) is 0 Å². The molecule has 35 heavy (non-hydrogen) atoms. The smallest absolute Gasteiger partial charge is 0.251 e. The molecule has 4 aromatic carbocycles. The van der Waals surface area contributed by atoms with E-state index in [1.807, 2.05) is 85.8 Å². The first-order chi connectivity index (χ1) is 17.2. The van der Waals surface area contributed by atoms with Gasteiger partial charge in [-0.3, -0.25) is 4.79 Å². The summed E-state index contributed by atoms with van der Waals surface area (Å²) < 4.78 is 17.0. The van der Waals surface area contributed by atoms with Crippen LogP contribution < -0.4 is 19.5 Å². The second-order valence-corrected chi connectivity index (χ2v) is 7.97. The highest BCUT2D eigenvalue weighted by atomic mass is 16.5. The van der Waals surface area contributed by atoms with Crippen LogP contribution in [0, 0.1) is 0 Å². The van der Waals surface area contributed by atoms with Gasteiger partial charge in [0.05, 0.1) is 13.7 Å². The normalized spacial score (nSPS) is 10.5. The van der Waals surface area contributed by atoms with Gasteiger partial charge >= 0.3 is 0 Å². The summed E-state index contributed by atoms with van der Waals surface area (Å²) in [7, 11) is 1.63. The van der Waals surface area contributed by atoms with Crippen molar-refractivity contribution in [3.8, 4) is 28.4 Å². The molecule has 0 spiro atoms. The summed E-state index contributed by atoms with van der Waals surface area (Å²) in [6, 6.07) is 31.2. The van der Waals surface area contributed by atoms with Crippen LogP contribution in [0.25, 0.3) is 11.1 Å². The fourth-order valence-electron chi connectivity index (χ4n) is 3.69. The Hall–Kier alpha value is -4.25. The number of carbonyl (C=O) groups is 1. The van der Waals surface area contributed by atoms with E-state index >= 15 is 0 Å². The van der Waals surface area contributed by atoms with E-state index in [1.165, 1.54) is 0 Å². The van der Waals surface area contributed by atoms with Gasteiger partial charge in [-0.2, -0.15) is 0 Å². The van der Waals surface area contributed by atoms with Crippen molar-refractivity contribution < 1.29 is 19.0 Å². The fourth-order valence-corrected chi connectivity index (χ4v) is 3.69. The van der Waals surface area contributed by atoms with Crippen molar-refractivity contribution >= 4 is 5.91 Å². The molecule has 4 rings (SSSR count). The fraction of sp³-hybridized carbons (Fsp3) is 0.167. The lowest BCUT2D eigenvalue weighted by Crippen LogP contribution is -2.23. The summed E-state index contributed by atoms with van der Waals surface area (Å²) in [5.74, 6) is 2.09. The Morgan fingerprint density at radius 1 is 0.771 bits per heavy atom. The van der Waals surface area contributed by atoms with E-state index in [-0.39, 0.29) is 5.91 Å². The Labute approximate surface area is 206 Å². The van der Waals surface area contributed by atoms with Crippen LogP contribution in [0.2, 0.25) is 0 Å². The minimum atomic E-state index is -0.155. The maximum Gasteiger partial charge on any atom is 0.251 e. The van der Waals surface area contributed by atoms with Crippen LogP contribution >= 0.6 is 0 Å². The number of ether oxygens (including phenoxy) is 3. The maximum absolute atomic E-state index is 12.8. The molecule has 5 heteroatoms. The molecule has 0 heterocycles. The van der Waals surface area contributed by atoms with E-state index in [2.05, 4.69) is 17.4 Å². The second-order valence-electron chi connectivity index (χ2n) is 7.97. The average molecular weight is 468 g/mol. The SMILES string of the molecule is CCOc1ccc(C(=O)NCc2ccc(OC)cc2)cc1COc1ccc(-c2ccccc2)cc1. The Bertz CT molecular complexity index is 1240. The summed E-state index contributed by atoms with van der Waals surface area (Å²) in [6.07, 6.45) is 0. The van der Waals surface area contributed by atoms with Crippen molar-refractivity contribution in [3.63, 3.8) is 0 Å². The third kappa shape index (κ3) is 6.42. The number of nitrogens with one attached hydrogen (secondary N) is 1. The van der Waals surface area contributed by atoms with E-state index in [0.717, 1.165) is 33.8 Å². The van der Waals surface area contributed by atoms with Gasteiger partial charge in [0.2, 0.25) is 0 Å². The van der Waals surface area contributed by atoms with Crippen molar-refractivity contribution in [1.82, 2.24) is 5.32 Å². The molecule has 1 N–H and O–H groups in total. The molecule has 0 aromatic heterocycles. The Morgan fingerprint density at radius 2 is 1.46 bits per heavy atom. The molecule has 0 aliphatic carbocycles. The number of hydrogen-bond donors (Lipinski definition) is 1. The van der Waals surface area contributed by atoms with Crippen molar-refractivity contribution in [2.45, 2.75) is 20.1 Å². The summed E-state index contributed by atoms with van der Waals surface area (Å²) in [5, 5.41) is 2.97. The quantitative estimate of drug-likeness (QED) is 0.299. The Morgan fingerprint density at radius 3 is 2.14 bits per heavy atom. The number of amides is 1. The molecule has 5 nitrogen and oxygen atoms in total. The topological polar surface area (TPSA) is 56.8 Å². The van der Waals surface area contributed by atoms with Gasteiger partial charge in [0.15, 0.2) is 0 Å². The number of carbonyl (C=O) groups excluding carboxylic acids is 1. The standard InChI is InChI=1S/C30H29NO4/c1-3-34-29-18-13-25(30(32)31-20-22-9-14-27(33-2)15-10-22)19-26(29)21-35-28-16-11-24(12-17-28)23-7-5-4-6-8-23/h4-19H,3,20-21H2,1-2H3,(H,31,32). The summed E-state index contributed by atoms with van der Waals surface area (Å²) in [6.45, 7) is 3.18. The molecule has 178 valence electrons. The lowest BCUT2D eigenvalue weighted by atomic mass is 10.1. The minimum absolute atomic E-state index is 0.155. The van der Waals surface area contributed by atoms with Gasteiger partial charge in [0.25, 0.3) is 5.91 Å². The van der Waals surface area contributed by atoms with Gasteiger partial charge in [-0.25, -0.2) is 0 Å². The predicted molar refractivity (Wildman–Crippen MR) is 138 cm³/mol. The van der Waals surface area contributed by atoms with Crippen molar-refractivity contribution in [2.24, 2.45) is 0 Å². The predicted octanol–water partition coefficient (Wildman–Crippen LogP) is 6.27. The summed E-state index contributed by atoms with van der Waals surface area (Å²) in [5.41, 5.74) is 4.65. The van der Waals surface area contributed by atoms with Crippen LogP contribution in [0.4, 0.5) is 0 Å². The highest BCUT2D eigenvalue weighted by molar-refractivity contribution is 5.94. The third-order valence-electron chi connectivity index (χ3n) is 5.59. The Balaban J connectivity index is 1.42. The highest BCUT2D eigenvalue weighted by Crippen LogP contribution is 2.25. The largest absolute Gasteiger partial charge is 0.497 e. The second kappa shape index (κ2) is 11.7. The molecule has 0 atom stereocenters. The van der Waals surface area contributed by atoms with Crippen LogP contribution in [-0.4, -0.2) is 19.6 Å². The molecule has 0 unspecified atom stereocenters. The lowest BCUT2D eigenvalue weighted by Gasteiger charge is -2.14. The molecule has 0 saturated heterocycles. The van der Waals surface area contributed by atoms with E-state index in [4.69, 9.17) is 14.2 Å². The van der Waals surface area contributed by atoms with Crippen molar-refractivity contribution in [1.29, 1.82) is 0 Å². The van der Waals surface area contributed by atoms with Crippen molar-refractivity contribution in [3.05, 3.63) is 114 Å². The molecule has 4 aromatic rings. The molecule has 0 aliphatic heterocycles. The van der Waals surface area contributed by atoms with E-state index in [1.54, 1.807) is 13.2 Å². The van der Waals surface area contributed by atoms with Gasteiger partial charge in [0, 0.05) is 17.7 Å². The first kappa shape index (κ1) is 23.9. The van der Waals surface area contributed by atoms with Crippen LogP contribution in [0.15, 0.2) is 97.1 Å². The van der Waals surface area contributed by atoms with E-state index in [9.17, 15) is 4.79 Å². The van der Waals surface area contributed by atoms with Crippen LogP contribution in [0.1, 0.15) is 28.4 Å². The molecule has 1 amide bonds. The van der Waals surface area contributed by atoms with Gasteiger partial charge in [-0.15, -0.1) is 0 Å². The highest BCUT2D eigenvalue weighted by Gasteiger charge is 2.12. The molecular formula is C30H29NO4. The van der Waals surface area contributed by atoms with E-state index in [0.29, 0.717) is 31.1 Å². The number of benzene rings is 4. The minimum Gasteiger partial charge on any atom is -0.497 e. The summed E-state index contributed by atoms with van der Waals surface area (Å²) >= 11 is 0. The van der Waals surface area contributed by atoms with Crippen molar-refractivity contribution in [2.75, 3.05) is 13.7 Å². The van der Waals surface area contributed by atoms with Gasteiger partial charge in [-0.1, -0.05) is 54.6 Å². The van der Waals surface area contributed by atoms with Gasteiger partial charge < -0.3 is 19.5 Å². The molecular weight excluding hydrogens is 438 g/mol. The van der Waals surface area contributed by atoms with Crippen LogP contribution in [-0.2, 0) is 13.2 Å². The molecule has 0 fully saturated rings. The molecule has 0 saturated carbocycles. The lowest BCUT2D eigenvalue weighted by molar-refractivity contribution is 0.0950. The molecule has 0 bridgehead atoms. The monoisotopic (exact) mass is 467 g/mol. The van der Waals surface area contributed by atoms with Crippen LogP contribution in [0.5, 0.6) is 17.2 Å². The number of methoxy groups -OCH3 is 1. The zero-order valence-electron chi connectivity index (χ0n) is 20.0.